The van der Waals surface area contributed by atoms with E-state index in [1.165, 1.54) is 19.1 Å². The van der Waals surface area contributed by atoms with Crippen molar-refractivity contribution in [1.82, 2.24) is 0 Å². The summed E-state index contributed by atoms with van der Waals surface area (Å²) >= 11 is 0. The van der Waals surface area contributed by atoms with Gasteiger partial charge in [-0.15, -0.1) is 0 Å². The summed E-state index contributed by atoms with van der Waals surface area (Å²) in [6.45, 7) is 1.24. The van der Waals surface area contributed by atoms with Crippen molar-refractivity contribution in [3.63, 3.8) is 0 Å². The van der Waals surface area contributed by atoms with Gasteiger partial charge in [-0.1, -0.05) is 0 Å². The Hall–Kier alpha value is -3.66. The lowest BCUT2D eigenvalue weighted by molar-refractivity contribution is 0.0150. The molecule has 0 fully saturated rings. The van der Waals surface area contributed by atoms with Crippen molar-refractivity contribution >= 4 is 11.9 Å². The van der Waals surface area contributed by atoms with E-state index in [9.17, 15) is 35.1 Å². The van der Waals surface area contributed by atoms with E-state index in [-0.39, 0.29) is 54.6 Å². The summed E-state index contributed by atoms with van der Waals surface area (Å²) in [5.74, 6) is -4.12. The van der Waals surface area contributed by atoms with Crippen LogP contribution in [0.1, 0.15) is 26.3 Å². The first kappa shape index (κ1) is 21.6. The van der Waals surface area contributed by atoms with Gasteiger partial charge in [0.2, 0.25) is 0 Å². The van der Waals surface area contributed by atoms with E-state index in [2.05, 4.69) is 0 Å². The maximum atomic E-state index is 11.8. The molecule has 0 unspecified atom stereocenters. The largest absolute Gasteiger partial charge is 0.508 e. The van der Waals surface area contributed by atoms with Gasteiger partial charge in [0.1, 0.15) is 24.7 Å². The number of ether oxygens (including phenoxy) is 3. The van der Waals surface area contributed by atoms with Crippen molar-refractivity contribution in [2.75, 3.05) is 26.4 Å². The first-order chi connectivity index (χ1) is 13.7. The van der Waals surface area contributed by atoms with Crippen molar-refractivity contribution in [3.8, 4) is 28.7 Å². The maximum Gasteiger partial charge on any atom is 0.338 e. The number of hydrogen-bond donors (Lipinski definition) is 5. The Morgan fingerprint density at radius 3 is 1.48 bits per heavy atom. The number of phenolic OH excluding ortho intramolecular Hbond substituents is 5. The number of carbonyl (C=O) groups excluding carboxylic acids is 2. The van der Waals surface area contributed by atoms with E-state index in [0.29, 0.717) is 0 Å². The highest BCUT2D eigenvalue weighted by Gasteiger charge is 2.15. The summed E-state index contributed by atoms with van der Waals surface area (Å²) < 4.78 is 15.0. The molecule has 2 aromatic rings. The molecule has 29 heavy (non-hydrogen) atoms. The Balaban J connectivity index is 1.67. The lowest BCUT2D eigenvalue weighted by Gasteiger charge is -2.09. The SMILES string of the molecule is Cc1c(O)cc(C(=O)OCCOCCOC(=O)c2cc(O)c(O)c(O)c2)cc1O. The van der Waals surface area contributed by atoms with Crippen LogP contribution >= 0.6 is 0 Å². The number of rotatable bonds is 8. The fourth-order valence-electron chi connectivity index (χ4n) is 2.18. The fraction of sp³-hybridized carbons (Fsp3) is 0.263. The molecular weight excluding hydrogens is 388 g/mol. The number of benzene rings is 2. The molecule has 10 heteroatoms. The predicted octanol–water partition coefficient (Wildman–Crippen LogP) is 1.55. The molecule has 0 saturated heterocycles. The molecular formula is C19H20O10. The first-order valence-electron chi connectivity index (χ1n) is 8.40. The van der Waals surface area contributed by atoms with Crippen LogP contribution < -0.4 is 0 Å². The highest BCUT2D eigenvalue weighted by molar-refractivity contribution is 5.91. The van der Waals surface area contributed by atoms with Crippen LogP contribution in [-0.4, -0.2) is 63.9 Å². The summed E-state index contributed by atoms with van der Waals surface area (Å²) in [6, 6.07) is 4.24. The van der Waals surface area contributed by atoms with Gasteiger partial charge in [0.15, 0.2) is 17.2 Å². The molecule has 0 aliphatic heterocycles. The summed E-state index contributed by atoms with van der Waals surface area (Å²) in [7, 11) is 0. The third-order valence-electron chi connectivity index (χ3n) is 3.82. The van der Waals surface area contributed by atoms with Crippen molar-refractivity contribution in [1.29, 1.82) is 0 Å². The third-order valence-corrected chi connectivity index (χ3v) is 3.82. The molecule has 0 aliphatic rings. The van der Waals surface area contributed by atoms with Crippen molar-refractivity contribution < 1.29 is 49.3 Å². The van der Waals surface area contributed by atoms with Crippen LogP contribution in [0.15, 0.2) is 24.3 Å². The summed E-state index contributed by atoms with van der Waals surface area (Å²) in [5.41, 5.74) is 0.0772. The molecule has 0 atom stereocenters. The molecule has 2 rings (SSSR count). The highest BCUT2D eigenvalue weighted by atomic mass is 16.6. The molecule has 0 saturated carbocycles. The standard InChI is InChI=1S/C19H20O10/c1-10-13(20)6-11(7-14(10)21)18(25)28-4-2-27-3-5-29-19(26)12-8-15(22)17(24)16(23)9-12/h6-9,20-24H,2-5H2,1H3. The van der Waals surface area contributed by atoms with Crippen molar-refractivity contribution in [2.24, 2.45) is 0 Å². The van der Waals surface area contributed by atoms with E-state index in [4.69, 9.17) is 14.2 Å². The molecule has 0 heterocycles. The Kier molecular flexibility index (Phi) is 7.10. The van der Waals surface area contributed by atoms with Gasteiger partial charge in [0, 0.05) is 5.56 Å². The van der Waals surface area contributed by atoms with E-state index in [1.54, 1.807) is 0 Å². The van der Waals surface area contributed by atoms with Gasteiger partial charge in [-0.2, -0.15) is 0 Å². The molecule has 5 N–H and O–H groups in total. The molecule has 156 valence electrons. The lowest BCUT2D eigenvalue weighted by atomic mass is 10.1. The zero-order valence-electron chi connectivity index (χ0n) is 15.4. The summed E-state index contributed by atoms with van der Waals surface area (Å²) in [5, 5.41) is 47.1. The van der Waals surface area contributed by atoms with Gasteiger partial charge in [-0.05, 0) is 31.2 Å². The van der Waals surface area contributed by atoms with Gasteiger partial charge in [-0.25, -0.2) is 9.59 Å². The number of esters is 2. The lowest BCUT2D eigenvalue weighted by Crippen LogP contribution is -2.15. The van der Waals surface area contributed by atoms with Gasteiger partial charge >= 0.3 is 11.9 Å². The quantitative estimate of drug-likeness (QED) is 0.246. The second-order valence-corrected chi connectivity index (χ2v) is 5.89. The zero-order chi connectivity index (χ0) is 21.6. The van der Waals surface area contributed by atoms with Crippen LogP contribution in [0.4, 0.5) is 0 Å². The monoisotopic (exact) mass is 408 g/mol. The first-order valence-corrected chi connectivity index (χ1v) is 8.40. The third kappa shape index (κ3) is 5.66. The normalized spacial score (nSPS) is 10.5. The van der Waals surface area contributed by atoms with Crippen LogP contribution in [0.25, 0.3) is 0 Å². The highest BCUT2D eigenvalue weighted by Crippen LogP contribution is 2.35. The Morgan fingerprint density at radius 1 is 0.690 bits per heavy atom. The minimum atomic E-state index is -0.843. The minimum Gasteiger partial charge on any atom is -0.508 e. The van der Waals surface area contributed by atoms with Gasteiger partial charge in [-0.3, -0.25) is 0 Å². The van der Waals surface area contributed by atoms with Crippen molar-refractivity contribution in [3.05, 3.63) is 41.0 Å². The maximum absolute atomic E-state index is 11.8. The van der Waals surface area contributed by atoms with E-state index < -0.39 is 29.2 Å². The van der Waals surface area contributed by atoms with Crippen molar-refractivity contribution in [2.45, 2.75) is 6.92 Å². The van der Waals surface area contributed by atoms with E-state index in [0.717, 1.165) is 12.1 Å². The average molecular weight is 408 g/mol. The Morgan fingerprint density at radius 2 is 1.07 bits per heavy atom. The average Bonchev–Trinajstić information content (AvgIpc) is 2.68. The molecule has 10 nitrogen and oxygen atoms in total. The molecule has 0 bridgehead atoms. The zero-order valence-corrected chi connectivity index (χ0v) is 15.4. The van der Waals surface area contributed by atoms with Crippen LogP contribution in [0.3, 0.4) is 0 Å². The van der Waals surface area contributed by atoms with Gasteiger partial charge < -0.3 is 39.7 Å². The second-order valence-electron chi connectivity index (χ2n) is 5.89. The molecule has 2 aromatic carbocycles. The van der Waals surface area contributed by atoms with Crippen LogP contribution in [0.5, 0.6) is 28.7 Å². The van der Waals surface area contributed by atoms with E-state index >= 15 is 0 Å². The molecule has 0 amide bonds. The fourth-order valence-corrected chi connectivity index (χ4v) is 2.18. The predicted molar refractivity (Wildman–Crippen MR) is 97.3 cm³/mol. The number of aromatic hydroxyl groups is 5. The smallest absolute Gasteiger partial charge is 0.338 e. The Bertz CT molecular complexity index is 786. The van der Waals surface area contributed by atoms with E-state index in [1.807, 2.05) is 0 Å². The van der Waals surface area contributed by atoms with Crippen LogP contribution in [0, 0.1) is 6.92 Å². The molecule has 0 aliphatic carbocycles. The number of phenols is 5. The second kappa shape index (κ2) is 9.51. The minimum absolute atomic E-state index is 0.00784. The molecule has 0 spiro atoms. The topological polar surface area (TPSA) is 163 Å². The summed E-state index contributed by atoms with van der Waals surface area (Å²) in [6.07, 6.45) is 0. The summed E-state index contributed by atoms with van der Waals surface area (Å²) in [4.78, 5) is 23.6. The van der Waals surface area contributed by atoms with Gasteiger partial charge in [0.25, 0.3) is 0 Å². The molecule has 0 radical (unpaired) electrons. The molecule has 0 aromatic heterocycles. The number of hydrogen-bond acceptors (Lipinski definition) is 10. The van der Waals surface area contributed by atoms with Gasteiger partial charge in [0.05, 0.1) is 24.3 Å². The van der Waals surface area contributed by atoms with Crippen LogP contribution in [0.2, 0.25) is 0 Å². The Labute approximate surface area is 165 Å². The van der Waals surface area contributed by atoms with Crippen LogP contribution in [-0.2, 0) is 14.2 Å². The number of carbonyl (C=O) groups is 2.